The third-order valence-corrected chi connectivity index (χ3v) is 2.66. The number of benzene rings is 1. The summed E-state index contributed by atoms with van der Waals surface area (Å²) in [6.45, 7) is 8.36. The number of ether oxygens (including phenoxy) is 1. The van der Waals surface area contributed by atoms with E-state index in [1.165, 1.54) is 0 Å². The number of hydrogen-bond acceptors (Lipinski definition) is 2. The Labute approximate surface area is 92.4 Å². The average molecular weight is 207 g/mol. The fourth-order valence-electron chi connectivity index (χ4n) is 1.30. The monoisotopic (exact) mass is 207 g/mol. The minimum Gasteiger partial charge on any atom is -0.490 e. The maximum absolute atomic E-state index is 5.89. The molecule has 0 heterocycles. The largest absolute Gasteiger partial charge is 0.490 e. The van der Waals surface area contributed by atoms with Crippen molar-refractivity contribution in [3.8, 4) is 5.75 Å². The van der Waals surface area contributed by atoms with Crippen molar-refractivity contribution >= 4 is 0 Å². The quantitative estimate of drug-likeness (QED) is 0.823. The van der Waals surface area contributed by atoms with E-state index in [1.54, 1.807) is 0 Å². The molecule has 1 aromatic rings. The van der Waals surface area contributed by atoms with Gasteiger partial charge in [-0.1, -0.05) is 32.0 Å². The lowest BCUT2D eigenvalue weighted by atomic mass is 10.1. The lowest BCUT2D eigenvalue weighted by Gasteiger charge is -2.21. The lowest BCUT2D eigenvalue weighted by Crippen LogP contribution is -2.20. The van der Waals surface area contributed by atoms with Crippen molar-refractivity contribution in [3.05, 3.63) is 29.8 Å². The Morgan fingerprint density at radius 1 is 1.07 bits per heavy atom. The molecule has 0 bridgehead atoms. The van der Waals surface area contributed by atoms with Crippen LogP contribution < -0.4 is 10.5 Å². The lowest BCUT2D eigenvalue weighted by molar-refractivity contribution is 0.168. The van der Waals surface area contributed by atoms with Crippen LogP contribution in [0.15, 0.2) is 24.3 Å². The van der Waals surface area contributed by atoms with Crippen LogP contribution in [0.25, 0.3) is 0 Å². The fourth-order valence-corrected chi connectivity index (χ4v) is 1.30. The van der Waals surface area contributed by atoms with Gasteiger partial charge < -0.3 is 10.5 Å². The predicted octanol–water partition coefficient (Wildman–Crippen LogP) is 3.13. The summed E-state index contributed by atoms with van der Waals surface area (Å²) < 4.78 is 5.89. The molecule has 0 aliphatic heterocycles. The van der Waals surface area contributed by atoms with E-state index in [0.29, 0.717) is 5.92 Å². The van der Waals surface area contributed by atoms with Gasteiger partial charge in [0.1, 0.15) is 5.75 Å². The molecule has 2 atom stereocenters. The molecule has 0 aliphatic rings. The third-order valence-electron chi connectivity index (χ3n) is 2.66. The zero-order chi connectivity index (χ0) is 11.4. The first kappa shape index (κ1) is 12.1. The van der Waals surface area contributed by atoms with E-state index >= 15 is 0 Å². The van der Waals surface area contributed by atoms with Crippen LogP contribution in [0.4, 0.5) is 0 Å². The minimum atomic E-state index is 0.0144. The van der Waals surface area contributed by atoms with Crippen LogP contribution in [0.3, 0.4) is 0 Å². The van der Waals surface area contributed by atoms with Crippen molar-refractivity contribution in [3.63, 3.8) is 0 Å². The van der Waals surface area contributed by atoms with Crippen molar-refractivity contribution in [2.75, 3.05) is 0 Å². The van der Waals surface area contributed by atoms with Crippen molar-refractivity contribution in [1.29, 1.82) is 0 Å². The van der Waals surface area contributed by atoms with Crippen LogP contribution in [0.5, 0.6) is 5.75 Å². The molecule has 2 N–H and O–H groups in total. The summed E-state index contributed by atoms with van der Waals surface area (Å²) >= 11 is 0. The zero-order valence-electron chi connectivity index (χ0n) is 10.0. The summed E-state index contributed by atoms with van der Waals surface area (Å²) in [6.07, 6.45) is 0.213. The highest BCUT2D eigenvalue weighted by molar-refractivity contribution is 5.35. The second kappa shape index (κ2) is 5.17. The molecular formula is C13H21NO. The van der Waals surface area contributed by atoms with Crippen LogP contribution in [0.1, 0.15) is 39.3 Å². The molecule has 1 unspecified atom stereocenters. The Bertz CT molecular complexity index is 307. The molecule has 2 nitrogen and oxygen atoms in total. The average Bonchev–Trinajstić information content (AvgIpc) is 2.18. The summed E-state index contributed by atoms with van der Waals surface area (Å²) in [5.41, 5.74) is 6.96. The molecular weight excluding hydrogens is 186 g/mol. The van der Waals surface area contributed by atoms with E-state index in [-0.39, 0.29) is 12.1 Å². The molecule has 0 aromatic heterocycles. The number of nitrogens with two attached hydrogens (primary N) is 1. The first-order valence-corrected chi connectivity index (χ1v) is 5.53. The van der Waals surface area contributed by atoms with Crippen LogP contribution in [0, 0.1) is 5.92 Å². The van der Waals surface area contributed by atoms with Crippen LogP contribution in [-0.4, -0.2) is 6.10 Å². The SMILES string of the molecule is CC(C)C(C)Oc1ccccc1[C@H](C)N. The number of hydrogen-bond donors (Lipinski definition) is 1. The van der Waals surface area contributed by atoms with Gasteiger partial charge in [-0.25, -0.2) is 0 Å². The van der Waals surface area contributed by atoms with Gasteiger partial charge in [-0.15, -0.1) is 0 Å². The van der Waals surface area contributed by atoms with Gasteiger partial charge in [0.15, 0.2) is 0 Å². The van der Waals surface area contributed by atoms with Gasteiger partial charge in [-0.2, -0.15) is 0 Å². The molecule has 0 saturated heterocycles. The highest BCUT2D eigenvalue weighted by atomic mass is 16.5. The van der Waals surface area contributed by atoms with Crippen molar-refractivity contribution < 1.29 is 4.74 Å². The van der Waals surface area contributed by atoms with Gasteiger partial charge in [-0.3, -0.25) is 0 Å². The summed E-state index contributed by atoms with van der Waals surface area (Å²) in [5.74, 6) is 1.42. The van der Waals surface area contributed by atoms with Gasteiger partial charge in [-0.05, 0) is 25.8 Å². The third kappa shape index (κ3) is 3.24. The van der Waals surface area contributed by atoms with Gasteiger partial charge in [0.25, 0.3) is 0 Å². The Morgan fingerprint density at radius 2 is 1.67 bits per heavy atom. The zero-order valence-corrected chi connectivity index (χ0v) is 10.0. The molecule has 0 amide bonds. The van der Waals surface area contributed by atoms with Gasteiger partial charge in [0.05, 0.1) is 6.10 Å². The molecule has 1 rings (SSSR count). The smallest absolute Gasteiger partial charge is 0.124 e. The first-order chi connectivity index (χ1) is 7.02. The van der Waals surface area contributed by atoms with Crippen LogP contribution >= 0.6 is 0 Å². The van der Waals surface area contributed by atoms with Crippen molar-refractivity contribution in [1.82, 2.24) is 0 Å². The highest BCUT2D eigenvalue weighted by Gasteiger charge is 2.12. The topological polar surface area (TPSA) is 35.2 Å². The van der Waals surface area contributed by atoms with Gasteiger partial charge in [0, 0.05) is 11.6 Å². The Hall–Kier alpha value is -1.02. The Balaban J connectivity index is 2.84. The predicted molar refractivity (Wildman–Crippen MR) is 64.0 cm³/mol. The van der Waals surface area contributed by atoms with Crippen molar-refractivity contribution in [2.45, 2.75) is 39.8 Å². The molecule has 0 saturated carbocycles. The number of rotatable bonds is 4. The van der Waals surface area contributed by atoms with Crippen molar-refractivity contribution in [2.24, 2.45) is 11.7 Å². The molecule has 0 fully saturated rings. The summed E-state index contributed by atoms with van der Waals surface area (Å²) in [5, 5.41) is 0. The van der Waals surface area contributed by atoms with Crippen LogP contribution in [0.2, 0.25) is 0 Å². The van der Waals surface area contributed by atoms with Crippen LogP contribution in [-0.2, 0) is 0 Å². The maximum atomic E-state index is 5.89. The van der Waals surface area contributed by atoms with E-state index in [2.05, 4.69) is 20.8 Å². The van der Waals surface area contributed by atoms with Gasteiger partial charge >= 0.3 is 0 Å². The standard InChI is InChI=1S/C13H21NO/c1-9(2)11(4)15-13-8-6-5-7-12(13)10(3)14/h5-11H,14H2,1-4H3/t10-,11?/m0/s1. The molecule has 84 valence electrons. The summed E-state index contributed by atoms with van der Waals surface area (Å²) in [6, 6.07) is 7.99. The first-order valence-electron chi connectivity index (χ1n) is 5.53. The molecule has 1 aromatic carbocycles. The highest BCUT2D eigenvalue weighted by Crippen LogP contribution is 2.25. The Kier molecular flexibility index (Phi) is 4.15. The Morgan fingerprint density at radius 3 is 2.20 bits per heavy atom. The van der Waals surface area contributed by atoms with E-state index in [9.17, 15) is 0 Å². The molecule has 15 heavy (non-hydrogen) atoms. The molecule has 2 heteroatoms. The van der Waals surface area contributed by atoms with E-state index in [4.69, 9.17) is 10.5 Å². The maximum Gasteiger partial charge on any atom is 0.124 e. The van der Waals surface area contributed by atoms with Gasteiger partial charge in [0.2, 0.25) is 0 Å². The molecule has 0 aliphatic carbocycles. The normalized spacial score (nSPS) is 15.1. The summed E-state index contributed by atoms with van der Waals surface area (Å²) in [4.78, 5) is 0. The van der Waals surface area contributed by atoms with E-state index < -0.39 is 0 Å². The second-order valence-electron chi connectivity index (χ2n) is 4.39. The fraction of sp³-hybridized carbons (Fsp3) is 0.538. The molecule has 0 spiro atoms. The molecule has 0 radical (unpaired) electrons. The van der Waals surface area contributed by atoms with E-state index in [0.717, 1.165) is 11.3 Å². The minimum absolute atomic E-state index is 0.0144. The van der Waals surface area contributed by atoms with E-state index in [1.807, 2.05) is 31.2 Å². The summed E-state index contributed by atoms with van der Waals surface area (Å²) in [7, 11) is 0. The number of para-hydroxylation sites is 1. The second-order valence-corrected chi connectivity index (χ2v) is 4.39.